The summed E-state index contributed by atoms with van der Waals surface area (Å²) in [5, 5.41) is 29.1. The highest BCUT2D eigenvalue weighted by Gasteiger charge is 2.29. The van der Waals surface area contributed by atoms with Gasteiger partial charge in [-0.25, -0.2) is 0 Å². The van der Waals surface area contributed by atoms with Crippen molar-refractivity contribution in [1.82, 2.24) is 0 Å². The lowest BCUT2D eigenvalue weighted by atomic mass is 10.5. The van der Waals surface area contributed by atoms with Crippen LogP contribution in [-0.4, -0.2) is 42.1 Å². The molecule has 0 saturated heterocycles. The molecule has 0 unspecified atom stereocenters. The predicted molar refractivity (Wildman–Crippen MR) is 58.2 cm³/mol. The highest BCUT2D eigenvalue weighted by atomic mass is 32.1. The van der Waals surface area contributed by atoms with Crippen LogP contribution in [0.2, 0.25) is 0 Å². The molecule has 0 aliphatic carbocycles. The molecule has 1 heterocycles. The Morgan fingerprint density at radius 2 is 1.86 bits per heavy atom. The molecule has 0 fully saturated rings. The maximum Gasteiger partial charge on any atom is 0.216 e. The molecule has 1 aromatic rings. The van der Waals surface area contributed by atoms with Gasteiger partial charge in [-0.05, 0) is 11.4 Å². The van der Waals surface area contributed by atoms with E-state index in [0.29, 0.717) is 0 Å². The van der Waals surface area contributed by atoms with E-state index in [1.54, 1.807) is 0 Å². The summed E-state index contributed by atoms with van der Waals surface area (Å²) in [6.45, 7) is 0. The van der Waals surface area contributed by atoms with Gasteiger partial charge in [-0.1, -0.05) is 12.0 Å². The zero-order valence-electron chi connectivity index (χ0n) is 7.60. The summed E-state index contributed by atoms with van der Waals surface area (Å²) in [6.07, 6.45) is -0.630. The summed E-state index contributed by atoms with van der Waals surface area (Å²) in [4.78, 5) is 0.886. The number of hydrogen-bond donors (Lipinski definition) is 3. The molecule has 0 aromatic carbocycles. The van der Waals surface area contributed by atoms with Crippen LogP contribution >= 0.6 is 11.3 Å². The standard InChI is InChI=1S/C9H12O3SSi/c10-6-14(7-11,8-12)5-3-9-2-1-4-13-9/h1-2,4,10-12H,6-8H2. The molecule has 1 aromatic heterocycles. The van der Waals surface area contributed by atoms with E-state index in [1.165, 1.54) is 11.3 Å². The predicted octanol–water partition coefficient (Wildman–Crippen LogP) is -0.318. The molecule has 0 spiro atoms. The second-order valence-electron chi connectivity index (χ2n) is 2.98. The highest BCUT2D eigenvalue weighted by Crippen LogP contribution is 2.07. The third-order valence-corrected chi connectivity index (χ3v) is 5.14. The first-order chi connectivity index (χ1) is 6.76. The Bertz CT molecular complexity index is 313. The van der Waals surface area contributed by atoms with Crippen LogP contribution in [0.1, 0.15) is 4.88 Å². The van der Waals surface area contributed by atoms with E-state index in [0.717, 1.165) is 4.88 Å². The summed E-state index contributed by atoms with van der Waals surface area (Å²) in [5.41, 5.74) is 2.83. The average molecular weight is 228 g/mol. The molecule has 0 atom stereocenters. The van der Waals surface area contributed by atoms with Crippen molar-refractivity contribution in [2.24, 2.45) is 0 Å². The zero-order valence-corrected chi connectivity index (χ0v) is 9.42. The molecule has 0 bridgehead atoms. The van der Waals surface area contributed by atoms with Gasteiger partial charge in [0.25, 0.3) is 0 Å². The Balaban J connectivity index is 2.82. The van der Waals surface area contributed by atoms with Crippen LogP contribution < -0.4 is 0 Å². The molecular weight excluding hydrogens is 216 g/mol. The van der Waals surface area contributed by atoms with E-state index < -0.39 is 8.07 Å². The van der Waals surface area contributed by atoms with Gasteiger partial charge >= 0.3 is 0 Å². The minimum absolute atomic E-state index is 0.210. The summed E-state index contributed by atoms with van der Waals surface area (Å²) in [6, 6.07) is 3.75. The largest absolute Gasteiger partial charge is 0.398 e. The quantitative estimate of drug-likeness (QED) is 0.491. The van der Waals surface area contributed by atoms with E-state index in [9.17, 15) is 0 Å². The topological polar surface area (TPSA) is 60.7 Å². The van der Waals surface area contributed by atoms with Gasteiger partial charge in [-0.3, -0.25) is 0 Å². The Labute approximate surface area is 87.7 Å². The highest BCUT2D eigenvalue weighted by molar-refractivity contribution is 7.10. The SMILES string of the molecule is OC[Si](C#Cc1cccs1)(CO)CO. The summed E-state index contributed by atoms with van der Waals surface area (Å²) < 4.78 is 0. The maximum absolute atomic E-state index is 9.05. The van der Waals surface area contributed by atoms with Gasteiger partial charge in [-0.2, -0.15) is 0 Å². The molecule has 0 amide bonds. The van der Waals surface area contributed by atoms with E-state index >= 15 is 0 Å². The first-order valence-corrected chi connectivity index (χ1v) is 7.66. The lowest BCUT2D eigenvalue weighted by molar-refractivity contribution is 0.293. The third-order valence-electron chi connectivity index (χ3n) is 1.88. The number of hydrogen-bond acceptors (Lipinski definition) is 4. The van der Waals surface area contributed by atoms with Crippen molar-refractivity contribution < 1.29 is 15.3 Å². The number of aliphatic hydroxyl groups excluding tert-OH is 3. The summed E-state index contributed by atoms with van der Waals surface area (Å²) >= 11 is 1.50. The monoisotopic (exact) mass is 228 g/mol. The summed E-state index contributed by atoms with van der Waals surface area (Å²) in [7, 11) is -2.56. The Morgan fingerprint density at radius 1 is 1.21 bits per heavy atom. The lowest BCUT2D eigenvalue weighted by Crippen LogP contribution is -2.47. The molecule has 0 radical (unpaired) electrons. The van der Waals surface area contributed by atoms with Crippen molar-refractivity contribution in [1.29, 1.82) is 0 Å². The molecule has 76 valence electrons. The van der Waals surface area contributed by atoms with E-state index in [2.05, 4.69) is 11.5 Å². The van der Waals surface area contributed by atoms with Crippen molar-refractivity contribution in [3.8, 4) is 11.5 Å². The number of aliphatic hydroxyl groups is 3. The molecule has 0 aliphatic rings. The van der Waals surface area contributed by atoms with Crippen LogP contribution in [0.15, 0.2) is 17.5 Å². The molecule has 0 saturated carbocycles. The molecule has 0 aliphatic heterocycles. The van der Waals surface area contributed by atoms with Gasteiger partial charge in [0, 0.05) is 0 Å². The van der Waals surface area contributed by atoms with Crippen molar-refractivity contribution in [3.63, 3.8) is 0 Å². The van der Waals surface area contributed by atoms with Crippen molar-refractivity contribution in [3.05, 3.63) is 22.4 Å². The molecule has 3 N–H and O–H groups in total. The number of rotatable bonds is 3. The second kappa shape index (κ2) is 5.29. The van der Waals surface area contributed by atoms with Crippen molar-refractivity contribution in [2.75, 3.05) is 18.7 Å². The second-order valence-corrected chi connectivity index (χ2v) is 7.69. The number of thiophene rings is 1. The maximum atomic E-state index is 9.05. The van der Waals surface area contributed by atoms with Crippen LogP contribution in [0.5, 0.6) is 0 Å². The fourth-order valence-electron chi connectivity index (χ4n) is 0.812. The fraction of sp³-hybridized carbons (Fsp3) is 0.333. The molecule has 5 heteroatoms. The summed E-state index contributed by atoms with van der Waals surface area (Å²) in [5.74, 6) is 2.87. The Morgan fingerprint density at radius 3 is 2.29 bits per heavy atom. The van der Waals surface area contributed by atoms with Gasteiger partial charge in [0.1, 0.15) is 0 Å². The van der Waals surface area contributed by atoms with Gasteiger partial charge in [-0.15, -0.1) is 16.9 Å². The van der Waals surface area contributed by atoms with Gasteiger partial charge in [0.15, 0.2) is 0 Å². The third kappa shape index (κ3) is 2.67. The van der Waals surface area contributed by atoms with Gasteiger partial charge in [0.05, 0.1) is 23.6 Å². The Hall–Kier alpha value is -0.643. The van der Waals surface area contributed by atoms with Gasteiger partial charge < -0.3 is 15.3 Å². The van der Waals surface area contributed by atoms with Crippen LogP contribution in [0, 0.1) is 11.5 Å². The van der Waals surface area contributed by atoms with E-state index in [1.807, 2.05) is 17.5 Å². The Kier molecular flexibility index (Phi) is 4.32. The van der Waals surface area contributed by atoms with Crippen LogP contribution in [0.4, 0.5) is 0 Å². The molecule has 3 nitrogen and oxygen atoms in total. The van der Waals surface area contributed by atoms with Crippen LogP contribution in [0.25, 0.3) is 0 Å². The van der Waals surface area contributed by atoms with Crippen LogP contribution in [0.3, 0.4) is 0 Å². The normalized spacial score (nSPS) is 10.8. The average Bonchev–Trinajstić information content (AvgIpc) is 2.74. The lowest BCUT2D eigenvalue weighted by Gasteiger charge is -2.16. The zero-order chi connectivity index (χ0) is 10.4. The van der Waals surface area contributed by atoms with E-state index in [-0.39, 0.29) is 18.7 Å². The minimum Gasteiger partial charge on any atom is -0.398 e. The van der Waals surface area contributed by atoms with Gasteiger partial charge in [0.2, 0.25) is 8.07 Å². The first-order valence-electron chi connectivity index (χ1n) is 4.15. The van der Waals surface area contributed by atoms with Crippen LogP contribution in [-0.2, 0) is 0 Å². The minimum atomic E-state index is -2.56. The molecule has 1 rings (SSSR count). The smallest absolute Gasteiger partial charge is 0.216 e. The van der Waals surface area contributed by atoms with Crippen molar-refractivity contribution in [2.45, 2.75) is 0 Å². The van der Waals surface area contributed by atoms with Crippen molar-refractivity contribution >= 4 is 19.4 Å². The first kappa shape index (κ1) is 11.4. The fourth-order valence-corrected chi connectivity index (χ4v) is 2.41. The molecule has 14 heavy (non-hydrogen) atoms. The van der Waals surface area contributed by atoms with E-state index in [4.69, 9.17) is 15.3 Å². The molecular formula is C9H12O3SSi.